The number of aryl methyl sites for hydroxylation is 1. The molecule has 1 aromatic heterocycles. The lowest BCUT2D eigenvalue weighted by Crippen LogP contribution is -2.42. The van der Waals surface area contributed by atoms with E-state index >= 15 is 0 Å². The summed E-state index contributed by atoms with van der Waals surface area (Å²) in [7, 11) is 0. The molecule has 0 saturated carbocycles. The van der Waals surface area contributed by atoms with Gasteiger partial charge in [-0.05, 0) is 43.7 Å². The van der Waals surface area contributed by atoms with Gasteiger partial charge in [0, 0.05) is 17.1 Å². The van der Waals surface area contributed by atoms with E-state index in [1.165, 1.54) is 4.90 Å². The molecule has 0 fully saturated rings. The molecule has 0 aliphatic carbocycles. The van der Waals surface area contributed by atoms with E-state index in [-0.39, 0.29) is 12.2 Å². The van der Waals surface area contributed by atoms with Crippen molar-refractivity contribution in [3.05, 3.63) is 52.4 Å². The van der Waals surface area contributed by atoms with Gasteiger partial charge >= 0.3 is 0 Å². The number of aliphatic hydroxyl groups is 1. The summed E-state index contributed by atoms with van der Waals surface area (Å²) in [5.74, 6) is -0.202. The quantitative estimate of drug-likeness (QED) is 0.841. The Morgan fingerprint density at radius 2 is 2.08 bits per heavy atom. The first kappa shape index (κ1) is 16.7. The van der Waals surface area contributed by atoms with Crippen LogP contribution >= 0.6 is 11.6 Å². The fraction of sp³-hybridized carbons (Fsp3) is 0.333. The van der Waals surface area contributed by atoms with Crippen molar-refractivity contribution in [3.8, 4) is 0 Å². The lowest BCUT2D eigenvalue weighted by Gasteiger charge is -2.22. The van der Waals surface area contributed by atoms with Crippen molar-refractivity contribution in [2.75, 3.05) is 11.4 Å². The van der Waals surface area contributed by atoms with Crippen LogP contribution in [0.25, 0.3) is 0 Å². The molecule has 126 valence electrons. The number of carbonyl (C=O) groups is 2. The van der Waals surface area contributed by atoms with E-state index in [9.17, 15) is 14.7 Å². The number of rotatable bonds is 5. The Labute approximate surface area is 144 Å². The monoisotopic (exact) mass is 347 g/mol. The second-order valence-electron chi connectivity index (χ2n) is 5.99. The molecule has 1 atom stereocenters. The highest BCUT2D eigenvalue weighted by Gasteiger charge is 2.51. The van der Waals surface area contributed by atoms with Crippen LogP contribution in [0.4, 0.5) is 5.69 Å². The van der Waals surface area contributed by atoms with Gasteiger partial charge in [0.15, 0.2) is 11.4 Å². The van der Waals surface area contributed by atoms with Gasteiger partial charge in [-0.3, -0.25) is 9.59 Å². The van der Waals surface area contributed by atoms with E-state index in [1.807, 2.05) is 6.92 Å². The van der Waals surface area contributed by atoms with Crippen LogP contribution in [-0.4, -0.2) is 23.3 Å². The van der Waals surface area contributed by atoms with E-state index in [0.29, 0.717) is 28.6 Å². The van der Waals surface area contributed by atoms with Gasteiger partial charge in [0.2, 0.25) is 5.78 Å². The third-order valence-corrected chi connectivity index (χ3v) is 4.41. The molecule has 0 saturated heterocycles. The highest BCUT2D eigenvalue weighted by Crippen LogP contribution is 2.44. The lowest BCUT2D eigenvalue weighted by molar-refractivity contribution is -0.135. The van der Waals surface area contributed by atoms with E-state index in [4.69, 9.17) is 16.0 Å². The topological polar surface area (TPSA) is 70.8 Å². The molecule has 6 heteroatoms. The van der Waals surface area contributed by atoms with Crippen LogP contribution in [0.2, 0.25) is 5.02 Å². The molecule has 2 heterocycles. The molecule has 24 heavy (non-hydrogen) atoms. The third-order valence-electron chi connectivity index (χ3n) is 4.17. The zero-order chi connectivity index (χ0) is 17.5. The standard InChI is InChI=1S/C18H18ClNO4/c1-3-8-20-14-6-5-12(19)9-13(14)18(23,17(20)22)10-15(21)16-7-4-11(2)24-16/h4-7,9,23H,3,8,10H2,1-2H3. The summed E-state index contributed by atoms with van der Waals surface area (Å²) in [4.78, 5) is 26.8. The number of fused-ring (bicyclic) bond motifs is 1. The largest absolute Gasteiger partial charge is 0.458 e. The third kappa shape index (κ3) is 2.64. The van der Waals surface area contributed by atoms with Crippen LogP contribution in [0.5, 0.6) is 0 Å². The van der Waals surface area contributed by atoms with Gasteiger partial charge < -0.3 is 14.4 Å². The lowest BCUT2D eigenvalue weighted by atomic mass is 9.89. The number of benzene rings is 1. The molecule has 0 radical (unpaired) electrons. The second kappa shape index (κ2) is 6.07. The fourth-order valence-corrected chi connectivity index (χ4v) is 3.22. The maximum absolute atomic E-state index is 12.8. The molecule has 5 nitrogen and oxygen atoms in total. The Morgan fingerprint density at radius 3 is 2.71 bits per heavy atom. The Hall–Kier alpha value is -2.11. The highest BCUT2D eigenvalue weighted by molar-refractivity contribution is 6.31. The number of amides is 1. The fourth-order valence-electron chi connectivity index (χ4n) is 3.04. The van der Waals surface area contributed by atoms with Crippen molar-refractivity contribution in [2.45, 2.75) is 32.3 Å². The number of hydrogen-bond donors (Lipinski definition) is 1. The maximum atomic E-state index is 12.8. The summed E-state index contributed by atoms with van der Waals surface area (Å²) in [5.41, 5.74) is -0.963. The first-order valence-corrected chi connectivity index (χ1v) is 8.18. The average molecular weight is 348 g/mol. The molecular weight excluding hydrogens is 330 g/mol. The van der Waals surface area contributed by atoms with Crippen LogP contribution in [0.15, 0.2) is 34.7 Å². The van der Waals surface area contributed by atoms with Crippen molar-refractivity contribution in [1.82, 2.24) is 0 Å². The number of ketones is 1. The van der Waals surface area contributed by atoms with Crippen molar-refractivity contribution >= 4 is 29.0 Å². The van der Waals surface area contributed by atoms with Crippen molar-refractivity contribution in [1.29, 1.82) is 0 Å². The zero-order valence-corrected chi connectivity index (χ0v) is 14.3. The predicted molar refractivity (Wildman–Crippen MR) is 90.4 cm³/mol. The SMILES string of the molecule is CCCN1C(=O)C(O)(CC(=O)c2ccc(C)o2)c2cc(Cl)ccc21. The summed E-state index contributed by atoms with van der Waals surface area (Å²) in [5, 5.41) is 11.5. The van der Waals surface area contributed by atoms with Crippen LogP contribution < -0.4 is 4.90 Å². The second-order valence-corrected chi connectivity index (χ2v) is 6.43. The molecule has 1 aliphatic rings. The van der Waals surface area contributed by atoms with Crippen molar-refractivity contribution in [3.63, 3.8) is 0 Å². The smallest absolute Gasteiger partial charge is 0.264 e. The molecule has 1 amide bonds. The predicted octanol–water partition coefficient (Wildman–Crippen LogP) is 3.46. The number of nitrogens with zero attached hydrogens (tertiary/aromatic N) is 1. The number of furan rings is 1. The Kier molecular flexibility index (Phi) is 4.24. The molecule has 2 aromatic rings. The van der Waals surface area contributed by atoms with E-state index in [1.54, 1.807) is 37.3 Å². The number of hydrogen-bond acceptors (Lipinski definition) is 4. The van der Waals surface area contributed by atoms with Gasteiger partial charge in [-0.25, -0.2) is 0 Å². The van der Waals surface area contributed by atoms with Crippen LogP contribution in [0.1, 0.15) is 41.6 Å². The van der Waals surface area contributed by atoms with Gasteiger partial charge in [0.05, 0.1) is 12.1 Å². The number of halogens is 1. The minimum Gasteiger partial charge on any atom is -0.458 e. The molecule has 1 N–H and O–H groups in total. The van der Waals surface area contributed by atoms with Gasteiger partial charge in [0.1, 0.15) is 5.76 Å². The van der Waals surface area contributed by atoms with Crippen molar-refractivity contribution < 1.29 is 19.1 Å². The molecule has 0 spiro atoms. The van der Waals surface area contributed by atoms with Gasteiger partial charge in [-0.1, -0.05) is 18.5 Å². The van der Waals surface area contributed by atoms with Crippen LogP contribution in [0, 0.1) is 6.92 Å². The van der Waals surface area contributed by atoms with Crippen LogP contribution in [0.3, 0.4) is 0 Å². The first-order valence-electron chi connectivity index (χ1n) is 7.81. The minimum absolute atomic E-state index is 0.131. The maximum Gasteiger partial charge on any atom is 0.264 e. The molecular formula is C18H18ClNO4. The molecule has 1 aromatic carbocycles. The summed E-state index contributed by atoms with van der Waals surface area (Å²) in [6.45, 7) is 4.13. The van der Waals surface area contributed by atoms with Crippen molar-refractivity contribution in [2.24, 2.45) is 0 Å². The van der Waals surface area contributed by atoms with Gasteiger partial charge in [-0.2, -0.15) is 0 Å². The first-order chi connectivity index (χ1) is 11.4. The van der Waals surface area contributed by atoms with Crippen LogP contribution in [-0.2, 0) is 10.4 Å². The number of anilines is 1. The summed E-state index contributed by atoms with van der Waals surface area (Å²) in [6.07, 6.45) is 0.349. The summed E-state index contributed by atoms with van der Waals surface area (Å²) < 4.78 is 5.31. The van der Waals surface area contributed by atoms with Gasteiger partial charge in [-0.15, -0.1) is 0 Å². The molecule has 3 rings (SSSR count). The van der Waals surface area contributed by atoms with E-state index < -0.39 is 17.3 Å². The average Bonchev–Trinajstić information content (AvgIpc) is 3.05. The summed E-state index contributed by atoms with van der Waals surface area (Å²) >= 11 is 6.04. The Bertz CT molecular complexity index is 813. The van der Waals surface area contributed by atoms with Gasteiger partial charge in [0.25, 0.3) is 5.91 Å². The number of carbonyl (C=O) groups excluding carboxylic acids is 2. The molecule has 0 bridgehead atoms. The molecule has 1 unspecified atom stereocenters. The Balaban J connectivity index is 2.01. The summed E-state index contributed by atoms with van der Waals surface area (Å²) in [6, 6.07) is 8.13. The Morgan fingerprint density at radius 1 is 1.33 bits per heavy atom. The van der Waals surface area contributed by atoms with E-state index in [2.05, 4.69) is 0 Å². The molecule has 1 aliphatic heterocycles. The minimum atomic E-state index is -1.92. The normalized spacial score (nSPS) is 19.7. The highest BCUT2D eigenvalue weighted by atomic mass is 35.5. The zero-order valence-electron chi connectivity index (χ0n) is 13.5. The number of Topliss-reactive ketones (excluding diaryl/α,β-unsaturated/α-hetero) is 1. The van der Waals surface area contributed by atoms with E-state index in [0.717, 1.165) is 6.42 Å².